The van der Waals surface area contributed by atoms with Crippen molar-refractivity contribution in [2.24, 2.45) is 5.92 Å². The Bertz CT molecular complexity index is 148. The number of rotatable bonds is 7. The number of hydrogen-bond donors (Lipinski definition) is 3. The lowest BCUT2D eigenvalue weighted by molar-refractivity contribution is -0.0367. The van der Waals surface area contributed by atoms with Gasteiger partial charge in [-0.3, -0.25) is 0 Å². The summed E-state index contributed by atoms with van der Waals surface area (Å²) >= 11 is 0. The van der Waals surface area contributed by atoms with E-state index < -0.39 is 11.7 Å². The van der Waals surface area contributed by atoms with Gasteiger partial charge < -0.3 is 15.5 Å². The molecule has 0 aromatic rings. The van der Waals surface area contributed by atoms with Gasteiger partial charge in [-0.1, -0.05) is 27.2 Å². The molecule has 0 aliphatic heterocycles. The van der Waals surface area contributed by atoms with Crippen LogP contribution in [-0.2, 0) is 0 Å². The summed E-state index contributed by atoms with van der Waals surface area (Å²) in [6.07, 6.45) is 0.912. The van der Waals surface area contributed by atoms with Crippen molar-refractivity contribution >= 4 is 0 Å². The number of aliphatic hydroxyl groups excluding tert-OH is 1. The van der Waals surface area contributed by atoms with Crippen LogP contribution in [0.25, 0.3) is 0 Å². The first-order chi connectivity index (χ1) is 6.44. The van der Waals surface area contributed by atoms with Gasteiger partial charge in [-0.2, -0.15) is 0 Å². The predicted octanol–water partition coefficient (Wildman–Crippen LogP) is 1.14. The largest absolute Gasteiger partial charge is 0.392 e. The first kappa shape index (κ1) is 13.9. The van der Waals surface area contributed by atoms with E-state index in [1.54, 1.807) is 6.92 Å². The smallest absolute Gasteiger partial charge is 0.0691 e. The van der Waals surface area contributed by atoms with Gasteiger partial charge in [0, 0.05) is 13.0 Å². The Morgan fingerprint density at radius 1 is 1.36 bits per heavy atom. The van der Waals surface area contributed by atoms with Crippen LogP contribution in [0.4, 0.5) is 0 Å². The summed E-state index contributed by atoms with van der Waals surface area (Å²) in [4.78, 5) is 0. The highest BCUT2D eigenvalue weighted by Crippen LogP contribution is 2.24. The highest BCUT2D eigenvalue weighted by Gasteiger charge is 2.29. The monoisotopic (exact) mass is 203 g/mol. The average molecular weight is 203 g/mol. The van der Waals surface area contributed by atoms with Crippen LogP contribution < -0.4 is 5.32 Å². The van der Waals surface area contributed by atoms with Gasteiger partial charge >= 0.3 is 0 Å². The number of hydrogen-bond acceptors (Lipinski definition) is 3. The maximum atomic E-state index is 10.1. The topological polar surface area (TPSA) is 52.5 Å². The Morgan fingerprint density at radius 2 is 1.93 bits per heavy atom. The van der Waals surface area contributed by atoms with E-state index in [9.17, 15) is 10.2 Å². The molecule has 0 saturated carbocycles. The first-order valence-corrected chi connectivity index (χ1v) is 5.55. The molecule has 3 N–H and O–H groups in total. The molecule has 86 valence electrons. The van der Waals surface area contributed by atoms with Crippen molar-refractivity contribution in [1.82, 2.24) is 5.32 Å². The third kappa shape index (κ3) is 4.94. The fourth-order valence-corrected chi connectivity index (χ4v) is 1.50. The zero-order chi connectivity index (χ0) is 11.2. The average Bonchev–Trinajstić information content (AvgIpc) is 2.12. The minimum absolute atomic E-state index is 0.221. The molecule has 0 aliphatic carbocycles. The molecule has 0 amide bonds. The molecular weight excluding hydrogens is 178 g/mol. The van der Waals surface area contributed by atoms with Gasteiger partial charge in [0.05, 0.1) is 11.7 Å². The Kier molecular flexibility index (Phi) is 6.33. The zero-order valence-electron chi connectivity index (χ0n) is 9.88. The molecule has 0 aliphatic rings. The summed E-state index contributed by atoms with van der Waals surface area (Å²) in [6.45, 7) is 9.28. The minimum atomic E-state index is -0.760. The summed E-state index contributed by atoms with van der Waals surface area (Å²) in [5.41, 5.74) is -0.760. The summed E-state index contributed by atoms with van der Waals surface area (Å²) in [5, 5.41) is 22.8. The second-order valence-corrected chi connectivity index (χ2v) is 4.33. The van der Waals surface area contributed by atoms with Crippen molar-refractivity contribution in [3.63, 3.8) is 0 Å². The quantitative estimate of drug-likeness (QED) is 0.581. The van der Waals surface area contributed by atoms with Crippen molar-refractivity contribution in [2.75, 3.05) is 13.1 Å². The van der Waals surface area contributed by atoms with Crippen LogP contribution in [-0.4, -0.2) is 35.0 Å². The van der Waals surface area contributed by atoms with Crippen LogP contribution in [0.5, 0.6) is 0 Å². The van der Waals surface area contributed by atoms with Gasteiger partial charge in [-0.15, -0.1) is 0 Å². The lowest BCUT2D eigenvalue weighted by Gasteiger charge is -2.31. The molecule has 0 unspecified atom stereocenters. The van der Waals surface area contributed by atoms with Crippen LogP contribution in [0.3, 0.4) is 0 Å². The fraction of sp³-hybridized carbons (Fsp3) is 1.00. The Balaban J connectivity index is 3.94. The Hall–Kier alpha value is -0.120. The highest BCUT2D eigenvalue weighted by molar-refractivity contribution is 4.82. The van der Waals surface area contributed by atoms with E-state index in [-0.39, 0.29) is 5.92 Å². The predicted molar refractivity (Wildman–Crippen MR) is 59.2 cm³/mol. The van der Waals surface area contributed by atoms with Crippen molar-refractivity contribution in [3.05, 3.63) is 0 Å². The van der Waals surface area contributed by atoms with Crippen molar-refractivity contribution < 1.29 is 10.2 Å². The highest BCUT2D eigenvalue weighted by atomic mass is 16.3. The minimum Gasteiger partial charge on any atom is -0.392 e. The molecule has 0 bridgehead atoms. The van der Waals surface area contributed by atoms with Crippen LogP contribution in [0.2, 0.25) is 0 Å². The SMILES string of the molecule is CCNC[C@H](O)C[C@@](C)(O)[C@@H](C)CC. The third-order valence-corrected chi connectivity index (χ3v) is 2.95. The van der Waals surface area contributed by atoms with Crippen molar-refractivity contribution in [1.29, 1.82) is 0 Å². The van der Waals surface area contributed by atoms with E-state index in [2.05, 4.69) is 12.2 Å². The molecule has 0 heterocycles. The number of aliphatic hydroxyl groups is 2. The van der Waals surface area contributed by atoms with Gasteiger partial charge in [-0.25, -0.2) is 0 Å². The second kappa shape index (κ2) is 6.38. The van der Waals surface area contributed by atoms with E-state index in [1.165, 1.54) is 0 Å². The van der Waals surface area contributed by atoms with E-state index in [0.29, 0.717) is 13.0 Å². The summed E-state index contributed by atoms with van der Waals surface area (Å²) in [6, 6.07) is 0. The van der Waals surface area contributed by atoms with Gasteiger partial charge in [0.25, 0.3) is 0 Å². The first-order valence-electron chi connectivity index (χ1n) is 5.55. The van der Waals surface area contributed by atoms with E-state index in [1.807, 2.05) is 13.8 Å². The van der Waals surface area contributed by atoms with Gasteiger partial charge in [0.15, 0.2) is 0 Å². The maximum absolute atomic E-state index is 10.1. The molecule has 3 heteroatoms. The van der Waals surface area contributed by atoms with Crippen LogP contribution in [0.1, 0.15) is 40.5 Å². The summed E-state index contributed by atoms with van der Waals surface area (Å²) in [5.74, 6) is 0.221. The Morgan fingerprint density at radius 3 is 2.36 bits per heavy atom. The molecule has 0 rings (SSSR count). The summed E-state index contributed by atoms with van der Waals surface area (Å²) < 4.78 is 0. The Labute approximate surface area is 87.5 Å². The molecule has 14 heavy (non-hydrogen) atoms. The maximum Gasteiger partial charge on any atom is 0.0691 e. The molecule has 0 fully saturated rings. The van der Waals surface area contributed by atoms with Gasteiger partial charge in [0.1, 0.15) is 0 Å². The van der Waals surface area contributed by atoms with Crippen LogP contribution >= 0.6 is 0 Å². The third-order valence-electron chi connectivity index (χ3n) is 2.95. The van der Waals surface area contributed by atoms with E-state index >= 15 is 0 Å². The van der Waals surface area contributed by atoms with E-state index in [4.69, 9.17) is 0 Å². The van der Waals surface area contributed by atoms with Gasteiger partial charge in [0.2, 0.25) is 0 Å². The van der Waals surface area contributed by atoms with Crippen LogP contribution in [0.15, 0.2) is 0 Å². The summed E-state index contributed by atoms with van der Waals surface area (Å²) in [7, 11) is 0. The fourth-order valence-electron chi connectivity index (χ4n) is 1.50. The molecule has 0 aromatic carbocycles. The second-order valence-electron chi connectivity index (χ2n) is 4.33. The van der Waals surface area contributed by atoms with Crippen LogP contribution in [0, 0.1) is 5.92 Å². The molecule has 3 atom stereocenters. The standard InChI is InChI=1S/C11H25NO2/c1-5-9(3)11(4,14)7-10(13)8-12-6-2/h9-10,12-14H,5-8H2,1-4H3/t9-,10+,11+/m0/s1. The lowest BCUT2D eigenvalue weighted by atomic mass is 9.84. The normalized spacial score (nSPS) is 20.1. The lowest BCUT2D eigenvalue weighted by Crippen LogP contribution is -2.39. The molecule has 0 aromatic heterocycles. The molecule has 3 nitrogen and oxygen atoms in total. The molecule has 0 spiro atoms. The van der Waals surface area contributed by atoms with E-state index in [0.717, 1.165) is 13.0 Å². The van der Waals surface area contributed by atoms with Gasteiger partial charge in [-0.05, 0) is 19.4 Å². The van der Waals surface area contributed by atoms with Crippen molar-refractivity contribution in [3.8, 4) is 0 Å². The molecule has 0 saturated heterocycles. The van der Waals surface area contributed by atoms with Crippen molar-refractivity contribution in [2.45, 2.75) is 52.2 Å². The zero-order valence-corrected chi connectivity index (χ0v) is 9.88. The molecule has 0 radical (unpaired) electrons. The number of likely N-dealkylation sites (N-methyl/N-ethyl adjacent to an activating group) is 1. The molecular formula is C11H25NO2. The number of nitrogens with one attached hydrogen (secondary N) is 1.